The van der Waals surface area contributed by atoms with Crippen molar-refractivity contribution in [3.05, 3.63) is 0 Å². The quantitative estimate of drug-likeness (QED) is 0.0222. The molecule has 594 valence electrons. The second-order valence-electron chi connectivity index (χ2n) is 30.1. The van der Waals surface area contributed by atoms with Crippen molar-refractivity contribution in [1.82, 2.24) is 0 Å². The summed E-state index contributed by atoms with van der Waals surface area (Å²) in [5, 5.41) is 10.6. The number of aliphatic hydroxyl groups is 1. The van der Waals surface area contributed by atoms with Gasteiger partial charge in [-0.25, -0.2) is 9.13 Å². The van der Waals surface area contributed by atoms with Crippen LogP contribution in [0.2, 0.25) is 0 Å². The SMILES string of the molecule is CCCCCCCCCCCCCCCCCCCCCC(=O)O[C@H](COC(=O)CCCCCCCCCCCCCCCC(C)C)COP(=O)(O)OC[C@@H](O)COP(=O)(O)OC[C@@H](COC(=O)CCCCCCCCCCCCCC)OC(=O)CCCCCCCCCCCCC(C)C. The zero-order chi connectivity index (χ0) is 73.5. The number of hydrogen-bond donors (Lipinski definition) is 3. The van der Waals surface area contributed by atoms with Crippen molar-refractivity contribution >= 4 is 39.5 Å². The predicted octanol–water partition coefficient (Wildman–Crippen LogP) is 24.3. The van der Waals surface area contributed by atoms with Crippen LogP contribution in [0.5, 0.6) is 0 Å². The molecule has 2 unspecified atom stereocenters. The highest BCUT2D eigenvalue weighted by Gasteiger charge is 2.30. The Morgan fingerprint density at radius 2 is 0.460 bits per heavy atom. The van der Waals surface area contributed by atoms with Crippen molar-refractivity contribution < 1.29 is 80.2 Å². The van der Waals surface area contributed by atoms with Crippen LogP contribution in [0.1, 0.15) is 427 Å². The zero-order valence-electron chi connectivity index (χ0n) is 65.5. The van der Waals surface area contributed by atoms with E-state index >= 15 is 0 Å². The van der Waals surface area contributed by atoms with Crippen LogP contribution in [-0.4, -0.2) is 96.7 Å². The standard InChI is InChI=1S/C81H158O17P2/c1-7-9-11-13-15-17-19-21-22-23-24-25-26-29-34-41-47-53-59-65-80(85)97-76(69-92-79(84)64-58-52-46-40-33-30-27-28-31-37-43-49-55-61-73(3)4)71-95-99(87,88)93-67-75(82)68-94-100(89,90)96-72-77(70-91-78(83)63-57-51-45-39-32-20-18-16-14-12-10-8-2)98-81(86)66-60-54-48-42-36-35-38-44-50-56-62-74(5)6/h73-77,82H,7-72H2,1-6H3,(H,87,88)(H,89,90)/t75-,76-,77-/m1/s1. The minimum atomic E-state index is -4.96. The lowest BCUT2D eigenvalue weighted by Gasteiger charge is -2.21. The minimum absolute atomic E-state index is 0.106. The Morgan fingerprint density at radius 3 is 0.680 bits per heavy atom. The molecule has 100 heavy (non-hydrogen) atoms. The van der Waals surface area contributed by atoms with Crippen molar-refractivity contribution in [1.29, 1.82) is 0 Å². The maximum Gasteiger partial charge on any atom is 0.472 e. The van der Waals surface area contributed by atoms with Crippen LogP contribution < -0.4 is 0 Å². The van der Waals surface area contributed by atoms with Crippen LogP contribution in [0.25, 0.3) is 0 Å². The molecule has 0 aliphatic rings. The molecular formula is C81H158O17P2. The van der Waals surface area contributed by atoms with Crippen LogP contribution in [-0.2, 0) is 65.4 Å². The van der Waals surface area contributed by atoms with Crippen molar-refractivity contribution in [2.45, 2.75) is 445 Å². The monoisotopic (exact) mass is 1470 g/mol. The highest BCUT2D eigenvalue weighted by atomic mass is 31.2. The summed E-state index contributed by atoms with van der Waals surface area (Å²) in [5.74, 6) is -0.564. The Kier molecular flexibility index (Phi) is 71.2. The highest BCUT2D eigenvalue weighted by molar-refractivity contribution is 7.47. The number of carbonyl (C=O) groups excluding carboxylic acids is 4. The Balaban J connectivity index is 5.25. The number of phosphoric acid groups is 2. The smallest absolute Gasteiger partial charge is 0.462 e. The Labute approximate surface area is 613 Å². The fourth-order valence-corrected chi connectivity index (χ4v) is 14.1. The molecule has 0 radical (unpaired) electrons. The molecule has 5 atom stereocenters. The molecule has 3 N–H and O–H groups in total. The fraction of sp³-hybridized carbons (Fsp3) is 0.951. The Hall–Kier alpha value is -1.94. The number of aliphatic hydroxyl groups excluding tert-OH is 1. The summed E-state index contributed by atoms with van der Waals surface area (Å²) in [4.78, 5) is 73.0. The molecule has 0 aliphatic carbocycles. The van der Waals surface area contributed by atoms with Gasteiger partial charge in [0.25, 0.3) is 0 Å². The molecule has 0 aromatic heterocycles. The summed E-state index contributed by atoms with van der Waals surface area (Å²) >= 11 is 0. The first kappa shape index (κ1) is 98.1. The topological polar surface area (TPSA) is 237 Å². The maximum absolute atomic E-state index is 13.1. The molecule has 0 spiro atoms. The van der Waals surface area contributed by atoms with E-state index in [9.17, 15) is 43.2 Å². The average Bonchev–Trinajstić information content (AvgIpc) is 0.937. The van der Waals surface area contributed by atoms with Crippen molar-refractivity contribution in [3.63, 3.8) is 0 Å². The Morgan fingerprint density at radius 1 is 0.270 bits per heavy atom. The summed E-state index contributed by atoms with van der Waals surface area (Å²) in [5.41, 5.74) is 0. The minimum Gasteiger partial charge on any atom is -0.462 e. The van der Waals surface area contributed by atoms with Gasteiger partial charge in [0.15, 0.2) is 12.2 Å². The van der Waals surface area contributed by atoms with E-state index in [4.69, 9.17) is 37.0 Å². The van der Waals surface area contributed by atoms with Gasteiger partial charge in [-0.05, 0) is 37.5 Å². The number of rotatable bonds is 80. The molecule has 0 bridgehead atoms. The first-order valence-corrected chi connectivity index (χ1v) is 45.0. The molecule has 0 aliphatic heterocycles. The van der Waals surface area contributed by atoms with E-state index in [-0.39, 0.29) is 25.7 Å². The highest BCUT2D eigenvalue weighted by Crippen LogP contribution is 2.45. The first-order valence-electron chi connectivity index (χ1n) is 42.0. The van der Waals surface area contributed by atoms with Crippen molar-refractivity contribution in [2.75, 3.05) is 39.6 Å². The van der Waals surface area contributed by atoms with Crippen LogP contribution >= 0.6 is 15.6 Å². The van der Waals surface area contributed by atoms with Gasteiger partial charge in [0, 0.05) is 25.7 Å². The predicted molar refractivity (Wildman–Crippen MR) is 409 cm³/mol. The van der Waals surface area contributed by atoms with Crippen LogP contribution in [0.4, 0.5) is 0 Å². The van der Waals surface area contributed by atoms with Gasteiger partial charge >= 0.3 is 39.5 Å². The van der Waals surface area contributed by atoms with Gasteiger partial charge in [-0.2, -0.15) is 0 Å². The molecule has 0 fully saturated rings. The van der Waals surface area contributed by atoms with E-state index in [1.165, 1.54) is 244 Å². The molecule has 0 saturated heterocycles. The summed E-state index contributed by atoms with van der Waals surface area (Å²) in [7, 11) is -9.92. The van der Waals surface area contributed by atoms with Crippen LogP contribution in [0, 0.1) is 11.8 Å². The van der Waals surface area contributed by atoms with Gasteiger partial charge in [-0.1, -0.05) is 375 Å². The normalized spacial score (nSPS) is 13.9. The largest absolute Gasteiger partial charge is 0.472 e. The molecule has 0 heterocycles. The van der Waals surface area contributed by atoms with E-state index in [0.717, 1.165) is 102 Å². The number of phosphoric ester groups is 2. The molecule has 0 aromatic carbocycles. The van der Waals surface area contributed by atoms with Gasteiger partial charge in [0.2, 0.25) is 0 Å². The van der Waals surface area contributed by atoms with Gasteiger partial charge in [0.1, 0.15) is 19.3 Å². The first-order chi connectivity index (χ1) is 48.4. The second kappa shape index (κ2) is 72.6. The molecule has 0 saturated carbocycles. The number of unbranched alkanes of at least 4 members (excludes halogenated alkanes) is 50. The van der Waals surface area contributed by atoms with Gasteiger partial charge in [-0.15, -0.1) is 0 Å². The third-order valence-corrected chi connectivity index (χ3v) is 20.9. The van der Waals surface area contributed by atoms with E-state index in [1.807, 2.05) is 0 Å². The summed E-state index contributed by atoms with van der Waals surface area (Å²) < 4.78 is 68.7. The second-order valence-corrected chi connectivity index (χ2v) is 33.0. The lowest BCUT2D eigenvalue weighted by molar-refractivity contribution is -0.161. The van der Waals surface area contributed by atoms with E-state index in [0.29, 0.717) is 25.7 Å². The number of carbonyl (C=O) groups is 4. The molecule has 19 heteroatoms. The fourth-order valence-electron chi connectivity index (χ4n) is 12.5. The molecule has 0 rings (SSSR count). The lowest BCUT2D eigenvalue weighted by atomic mass is 10.0. The van der Waals surface area contributed by atoms with Gasteiger partial charge in [0.05, 0.1) is 26.4 Å². The zero-order valence-corrected chi connectivity index (χ0v) is 67.3. The third kappa shape index (κ3) is 74.3. The molecule has 0 amide bonds. The Bertz CT molecular complexity index is 1920. The van der Waals surface area contributed by atoms with Crippen molar-refractivity contribution in [3.8, 4) is 0 Å². The van der Waals surface area contributed by atoms with E-state index in [2.05, 4.69) is 41.5 Å². The maximum atomic E-state index is 13.1. The van der Waals surface area contributed by atoms with E-state index in [1.54, 1.807) is 0 Å². The van der Waals surface area contributed by atoms with Crippen LogP contribution in [0.3, 0.4) is 0 Å². The van der Waals surface area contributed by atoms with Gasteiger partial charge < -0.3 is 33.8 Å². The summed E-state index contributed by atoms with van der Waals surface area (Å²) in [6.45, 7) is 9.65. The van der Waals surface area contributed by atoms with Crippen LogP contribution in [0.15, 0.2) is 0 Å². The lowest BCUT2D eigenvalue weighted by Crippen LogP contribution is -2.30. The number of esters is 4. The summed E-state index contributed by atoms with van der Waals surface area (Å²) in [6.07, 6.45) is 62.3. The summed E-state index contributed by atoms with van der Waals surface area (Å²) in [6, 6.07) is 0. The number of hydrogen-bond acceptors (Lipinski definition) is 15. The van der Waals surface area contributed by atoms with Crippen molar-refractivity contribution in [2.24, 2.45) is 11.8 Å². The van der Waals surface area contributed by atoms with Gasteiger partial charge in [-0.3, -0.25) is 37.3 Å². The average molecular weight is 1470 g/mol. The van der Waals surface area contributed by atoms with E-state index < -0.39 is 97.5 Å². The molecule has 17 nitrogen and oxygen atoms in total. The third-order valence-electron chi connectivity index (χ3n) is 19.0. The molecule has 0 aromatic rings. The molecular weight excluding hydrogens is 1310 g/mol. The number of ether oxygens (including phenoxy) is 4.